The van der Waals surface area contributed by atoms with Crippen LogP contribution in [0.2, 0.25) is 0 Å². The van der Waals surface area contributed by atoms with Crippen molar-refractivity contribution in [1.29, 1.82) is 0 Å². The second-order valence-corrected chi connectivity index (χ2v) is 8.47. The molecule has 0 spiro atoms. The predicted molar refractivity (Wildman–Crippen MR) is 104 cm³/mol. The van der Waals surface area contributed by atoms with Crippen LogP contribution in [0.25, 0.3) is 0 Å². The maximum absolute atomic E-state index is 13.1. The van der Waals surface area contributed by atoms with Crippen molar-refractivity contribution in [2.24, 2.45) is 0 Å². The number of amides is 1. The van der Waals surface area contributed by atoms with E-state index >= 15 is 0 Å². The molecule has 0 bridgehead atoms. The van der Waals surface area contributed by atoms with Crippen molar-refractivity contribution in [3.63, 3.8) is 0 Å². The van der Waals surface area contributed by atoms with E-state index in [1.165, 1.54) is 5.56 Å². The van der Waals surface area contributed by atoms with Gasteiger partial charge in [-0.15, -0.1) is 0 Å². The maximum atomic E-state index is 13.1. The van der Waals surface area contributed by atoms with Crippen molar-refractivity contribution in [2.75, 3.05) is 33.0 Å². The van der Waals surface area contributed by atoms with E-state index in [0.29, 0.717) is 31.2 Å². The summed E-state index contributed by atoms with van der Waals surface area (Å²) < 4.78 is 16.2. The number of aryl methyl sites for hydroxylation is 1. The summed E-state index contributed by atoms with van der Waals surface area (Å²) in [5.41, 5.74) is 2.31. The molecule has 150 valence electrons. The molecule has 0 radical (unpaired) electrons. The van der Waals surface area contributed by atoms with E-state index in [-0.39, 0.29) is 11.3 Å². The van der Waals surface area contributed by atoms with Crippen LogP contribution in [0.1, 0.15) is 48.1 Å². The van der Waals surface area contributed by atoms with Crippen LogP contribution in [-0.2, 0) is 12.0 Å². The molecule has 2 aliphatic rings. The number of hydrogen-bond donors (Lipinski definition) is 0. The summed E-state index contributed by atoms with van der Waals surface area (Å²) in [4.78, 5) is 17.4. The lowest BCUT2D eigenvalue weighted by Gasteiger charge is -2.35. The minimum Gasteiger partial charge on any atom is -0.454 e. The highest BCUT2D eigenvalue weighted by Gasteiger charge is 2.32. The Bertz CT molecular complexity index is 876. The number of aromatic nitrogens is 1. The van der Waals surface area contributed by atoms with Crippen LogP contribution in [0, 0.1) is 6.92 Å². The summed E-state index contributed by atoms with van der Waals surface area (Å²) in [6.45, 7) is 12.1. The molecule has 0 N–H and O–H groups in total. The SMILES string of the molecule is Cc1onc(C(C)(C)C)c1C(=O)N1CCN(Cc2ccc3c(c2)OCO3)CC1. The Morgan fingerprint density at radius 2 is 1.82 bits per heavy atom. The van der Waals surface area contributed by atoms with Gasteiger partial charge in [-0.25, -0.2) is 0 Å². The van der Waals surface area contributed by atoms with E-state index in [2.05, 4.69) is 16.1 Å². The summed E-state index contributed by atoms with van der Waals surface area (Å²) in [5, 5.41) is 4.15. The highest BCUT2D eigenvalue weighted by atomic mass is 16.7. The van der Waals surface area contributed by atoms with Crippen molar-refractivity contribution >= 4 is 5.91 Å². The summed E-state index contributed by atoms with van der Waals surface area (Å²) in [6, 6.07) is 6.07. The molecular formula is C21H27N3O4. The Balaban J connectivity index is 1.39. The van der Waals surface area contributed by atoms with E-state index < -0.39 is 0 Å². The lowest BCUT2D eigenvalue weighted by Crippen LogP contribution is -2.48. The van der Waals surface area contributed by atoms with Crippen molar-refractivity contribution in [1.82, 2.24) is 15.0 Å². The minimum atomic E-state index is -0.232. The van der Waals surface area contributed by atoms with Gasteiger partial charge in [-0.05, 0) is 24.6 Å². The van der Waals surface area contributed by atoms with Gasteiger partial charge in [0.2, 0.25) is 6.79 Å². The number of piperazine rings is 1. The standard InChI is InChI=1S/C21H27N3O4/c1-14-18(19(22-28-14)21(2,3)4)20(25)24-9-7-23(8-10-24)12-15-5-6-16-17(11-15)27-13-26-16/h5-6,11H,7-10,12-13H2,1-4H3. The molecular weight excluding hydrogens is 358 g/mol. The van der Waals surface area contributed by atoms with Crippen molar-refractivity contribution in [3.8, 4) is 11.5 Å². The zero-order valence-electron chi connectivity index (χ0n) is 16.9. The van der Waals surface area contributed by atoms with Crippen LogP contribution in [0.4, 0.5) is 0 Å². The van der Waals surface area contributed by atoms with E-state index in [1.54, 1.807) is 0 Å². The van der Waals surface area contributed by atoms with E-state index in [4.69, 9.17) is 14.0 Å². The molecule has 0 unspecified atom stereocenters. The Kier molecular flexibility index (Phi) is 4.79. The van der Waals surface area contributed by atoms with Crippen molar-refractivity contribution in [2.45, 2.75) is 39.7 Å². The number of ether oxygens (including phenoxy) is 2. The van der Waals surface area contributed by atoms with Gasteiger partial charge in [-0.1, -0.05) is 32.0 Å². The molecule has 2 aliphatic heterocycles. The average Bonchev–Trinajstić information content (AvgIpc) is 3.27. The number of carbonyl (C=O) groups is 1. The molecule has 3 heterocycles. The van der Waals surface area contributed by atoms with Crippen molar-refractivity contribution in [3.05, 3.63) is 40.8 Å². The number of hydrogen-bond acceptors (Lipinski definition) is 6. The maximum Gasteiger partial charge on any atom is 0.259 e. The second-order valence-electron chi connectivity index (χ2n) is 8.47. The first kappa shape index (κ1) is 18.8. The van der Waals surface area contributed by atoms with Gasteiger partial charge in [0.05, 0.1) is 0 Å². The highest BCUT2D eigenvalue weighted by Crippen LogP contribution is 2.33. The fraction of sp³-hybridized carbons (Fsp3) is 0.524. The largest absolute Gasteiger partial charge is 0.454 e. The van der Waals surface area contributed by atoms with Crippen molar-refractivity contribution < 1.29 is 18.8 Å². The lowest BCUT2D eigenvalue weighted by atomic mass is 9.88. The molecule has 0 atom stereocenters. The van der Waals surface area contributed by atoms with Gasteiger partial charge in [0, 0.05) is 38.1 Å². The molecule has 0 aliphatic carbocycles. The molecule has 1 aromatic carbocycles. The Morgan fingerprint density at radius 1 is 1.11 bits per heavy atom. The number of fused-ring (bicyclic) bond motifs is 1. The van der Waals surface area contributed by atoms with Gasteiger partial charge in [-0.2, -0.15) is 0 Å². The first-order chi connectivity index (χ1) is 13.3. The van der Waals surface area contributed by atoms with Gasteiger partial charge in [-0.3, -0.25) is 9.69 Å². The summed E-state index contributed by atoms with van der Waals surface area (Å²) in [7, 11) is 0. The smallest absolute Gasteiger partial charge is 0.259 e. The minimum absolute atomic E-state index is 0.0198. The first-order valence-electron chi connectivity index (χ1n) is 9.70. The van der Waals surface area contributed by atoms with E-state index in [9.17, 15) is 4.79 Å². The quantitative estimate of drug-likeness (QED) is 0.809. The molecule has 1 aromatic heterocycles. The predicted octanol–water partition coefficient (Wildman–Crippen LogP) is 2.97. The average molecular weight is 385 g/mol. The Morgan fingerprint density at radius 3 is 2.54 bits per heavy atom. The normalized spacial score (nSPS) is 17.2. The summed E-state index contributed by atoms with van der Waals surface area (Å²) in [6.07, 6.45) is 0. The van der Waals surface area contributed by atoms with Gasteiger partial charge in [0.15, 0.2) is 11.5 Å². The lowest BCUT2D eigenvalue weighted by molar-refractivity contribution is 0.0624. The molecule has 7 heteroatoms. The van der Waals surface area contributed by atoms with Gasteiger partial charge < -0.3 is 18.9 Å². The number of rotatable bonds is 3. The third-order valence-electron chi connectivity index (χ3n) is 5.29. The monoisotopic (exact) mass is 385 g/mol. The fourth-order valence-electron chi connectivity index (χ4n) is 3.70. The summed E-state index contributed by atoms with van der Waals surface area (Å²) >= 11 is 0. The molecule has 28 heavy (non-hydrogen) atoms. The van der Waals surface area contributed by atoms with E-state index in [0.717, 1.165) is 36.8 Å². The van der Waals surface area contributed by atoms with Crippen LogP contribution in [0.3, 0.4) is 0 Å². The Labute approximate surface area is 165 Å². The Hall–Kier alpha value is -2.54. The summed E-state index contributed by atoms with van der Waals surface area (Å²) in [5.74, 6) is 2.23. The zero-order valence-corrected chi connectivity index (χ0v) is 16.9. The van der Waals surface area contributed by atoms with Crippen LogP contribution in [-0.4, -0.2) is 53.8 Å². The van der Waals surface area contributed by atoms with E-state index in [1.807, 2.05) is 44.7 Å². The first-order valence-corrected chi connectivity index (χ1v) is 9.70. The van der Waals surface area contributed by atoms with Gasteiger partial charge in [0.25, 0.3) is 5.91 Å². The van der Waals surface area contributed by atoms with Gasteiger partial charge >= 0.3 is 0 Å². The molecule has 0 saturated carbocycles. The number of carbonyl (C=O) groups excluding carboxylic acids is 1. The number of nitrogens with zero attached hydrogens (tertiary/aromatic N) is 3. The fourth-order valence-corrected chi connectivity index (χ4v) is 3.70. The van der Waals surface area contributed by atoms with Crippen LogP contribution < -0.4 is 9.47 Å². The number of benzene rings is 1. The van der Waals surface area contributed by atoms with Crippen LogP contribution >= 0.6 is 0 Å². The molecule has 4 rings (SSSR count). The molecule has 7 nitrogen and oxygen atoms in total. The topological polar surface area (TPSA) is 68.0 Å². The third kappa shape index (κ3) is 3.58. The molecule has 1 fully saturated rings. The molecule has 1 saturated heterocycles. The zero-order chi connectivity index (χ0) is 19.9. The molecule has 1 amide bonds. The van der Waals surface area contributed by atoms with Crippen LogP contribution in [0.5, 0.6) is 11.5 Å². The van der Waals surface area contributed by atoms with Crippen LogP contribution in [0.15, 0.2) is 22.7 Å². The molecule has 2 aromatic rings. The third-order valence-corrected chi connectivity index (χ3v) is 5.29. The second kappa shape index (κ2) is 7.13. The highest BCUT2D eigenvalue weighted by molar-refractivity contribution is 5.96. The van der Waals surface area contributed by atoms with Gasteiger partial charge in [0.1, 0.15) is 17.0 Å².